The summed E-state index contributed by atoms with van der Waals surface area (Å²) in [6, 6.07) is 17.0. The fourth-order valence-corrected chi connectivity index (χ4v) is 2.20. The Balaban J connectivity index is 2.34. The van der Waals surface area contributed by atoms with Gasteiger partial charge in [-0.3, -0.25) is 4.79 Å². The van der Waals surface area contributed by atoms with Crippen molar-refractivity contribution in [2.24, 2.45) is 0 Å². The zero-order chi connectivity index (χ0) is 15.8. The summed E-state index contributed by atoms with van der Waals surface area (Å²) in [6.07, 6.45) is 1.81. The number of hydrogen-bond acceptors (Lipinski definition) is 2. The minimum atomic E-state index is -0.150. The lowest BCUT2D eigenvalue weighted by Gasteiger charge is -2.10. The first-order chi connectivity index (χ1) is 10.7. The van der Waals surface area contributed by atoms with Crippen LogP contribution in [0.2, 0.25) is 5.02 Å². The Labute approximate surface area is 135 Å². The summed E-state index contributed by atoms with van der Waals surface area (Å²) in [5.74, 6) is -0.150. The van der Waals surface area contributed by atoms with E-state index in [-0.39, 0.29) is 5.91 Å². The fourth-order valence-electron chi connectivity index (χ4n) is 2.01. The van der Waals surface area contributed by atoms with Gasteiger partial charge in [-0.25, -0.2) is 0 Å². The maximum Gasteiger partial charge on any atom is 0.251 e. The van der Waals surface area contributed by atoms with E-state index in [1.807, 2.05) is 48.5 Å². The highest BCUT2D eigenvalue weighted by Crippen LogP contribution is 2.23. The minimum Gasteiger partial charge on any atom is -0.383 e. The number of carbonyl (C=O) groups is 1. The van der Waals surface area contributed by atoms with E-state index in [0.717, 1.165) is 11.1 Å². The van der Waals surface area contributed by atoms with Crippen LogP contribution in [0, 0.1) is 0 Å². The molecule has 0 spiro atoms. The van der Waals surface area contributed by atoms with Crippen molar-refractivity contribution in [3.05, 3.63) is 70.7 Å². The Bertz CT molecular complexity index is 653. The number of ether oxygens (including phenoxy) is 1. The molecule has 1 N–H and O–H groups in total. The summed E-state index contributed by atoms with van der Waals surface area (Å²) in [6.45, 7) is 0.932. The molecule has 0 fully saturated rings. The average molecular weight is 316 g/mol. The quantitative estimate of drug-likeness (QED) is 0.502. The van der Waals surface area contributed by atoms with Crippen LogP contribution in [-0.2, 0) is 9.53 Å². The van der Waals surface area contributed by atoms with Crippen LogP contribution in [0.15, 0.2) is 54.6 Å². The smallest absolute Gasteiger partial charge is 0.251 e. The minimum absolute atomic E-state index is 0.150. The van der Waals surface area contributed by atoms with Crippen LogP contribution in [-0.4, -0.2) is 26.2 Å². The van der Waals surface area contributed by atoms with E-state index in [9.17, 15) is 4.79 Å². The summed E-state index contributed by atoms with van der Waals surface area (Å²) in [7, 11) is 1.60. The van der Waals surface area contributed by atoms with Gasteiger partial charge in [0.1, 0.15) is 0 Å². The van der Waals surface area contributed by atoms with E-state index in [4.69, 9.17) is 16.3 Å². The lowest BCUT2D eigenvalue weighted by Crippen LogP contribution is -2.27. The number of methoxy groups -OCH3 is 1. The first kappa shape index (κ1) is 16.3. The summed E-state index contributed by atoms with van der Waals surface area (Å²) in [5, 5.41) is 3.46. The monoisotopic (exact) mass is 315 g/mol. The Morgan fingerprint density at radius 2 is 1.82 bits per heavy atom. The number of halogens is 1. The highest BCUT2D eigenvalue weighted by Gasteiger charge is 2.12. The van der Waals surface area contributed by atoms with Crippen LogP contribution in [0.1, 0.15) is 11.1 Å². The van der Waals surface area contributed by atoms with Crippen molar-refractivity contribution < 1.29 is 9.53 Å². The van der Waals surface area contributed by atoms with Gasteiger partial charge in [-0.1, -0.05) is 60.1 Å². The lowest BCUT2D eigenvalue weighted by molar-refractivity contribution is -0.115. The topological polar surface area (TPSA) is 38.3 Å². The van der Waals surface area contributed by atoms with Crippen LogP contribution >= 0.6 is 11.6 Å². The third-order valence-corrected chi connectivity index (χ3v) is 3.47. The van der Waals surface area contributed by atoms with Crippen LogP contribution in [0.4, 0.5) is 0 Å². The molecule has 0 aliphatic carbocycles. The zero-order valence-corrected chi connectivity index (χ0v) is 13.1. The van der Waals surface area contributed by atoms with Crippen molar-refractivity contribution >= 4 is 29.2 Å². The summed E-state index contributed by atoms with van der Waals surface area (Å²) < 4.78 is 4.96. The van der Waals surface area contributed by atoms with E-state index in [2.05, 4.69) is 5.32 Å². The Morgan fingerprint density at radius 3 is 2.50 bits per heavy atom. The number of benzene rings is 2. The molecule has 2 aromatic carbocycles. The maximum atomic E-state index is 12.5. The lowest BCUT2D eigenvalue weighted by atomic mass is 10.0. The second-order valence-corrected chi connectivity index (χ2v) is 5.10. The first-order valence-electron chi connectivity index (χ1n) is 7.01. The molecular weight excluding hydrogens is 298 g/mol. The highest BCUT2D eigenvalue weighted by molar-refractivity contribution is 6.33. The third-order valence-electron chi connectivity index (χ3n) is 3.13. The van der Waals surface area contributed by atoms with Crippen LogP contribution in [0.25, 0.3) is 11.6 Å². The molecule has 2 aromatic rings. The maximum absolute atomic E-state index is 12.5. The van der Waals surface area contributed by atoms with Crippen molar-refractivity contribution in [1.82, 2.24) is 5.32 Å². The second-order valence-electron chi connectivity index (χ2n) is 4.69. The Hall–Kier alpha value is -2.10. The van der Waals surface area contributed by atoms with E-state index in [1.54, 1.807) is 19.3 Å². The number of carbonyl (C=O) groups excluding carboxylic acids is 1. The van der Waals surface area contributed by atoms with Crippen LogP contribution < -0.4 is 5.32 Å². The number of hydrogen-bond donors (Lipinski definition) is 1. The van der Waals surface area contributed by atoms with Gasteiger partial charge >= 0.3 is 0 Å². The summed E-state index contributed by atoms with van der Waals surface area (Å²) in [4.78, 5) is 12.5. The molecule has 0 radical (unpaired) electrons. The number of amides is 1. The molecule has 114 valence electrons. The average Bonchev–Trinajstić information content (AvgIpc) is 2.55. The molecule has 2 rings (SSSR count). The Morgan fingerprint density at radius 1 is 1.14 bits per heavy atom. The molecular formula is C18H18ClNO2. The molecule has 3 nitrogen and oxygen atoms in total. The van der Waals surface area contributed by atoms with Gasteiger partial charge in [0.25, 0.3) is 5.91 Å². The molecule has 0 bridgehead atoms. The first-order valence-corrected chi connectivity index (χ1v) is 7.39. The van der Waals surface area contributed by atoms with Gasteiger partial charge in [0.15, 0.2) is 0 Å². The van der Waals surface area contributed by atoms with E-state index in [1.165, 1.54) is 0 Å². The van der Waals surface area contributed by atoms with Crippen molar-refractivity contribution in [1.29, 1.82) is 0 Å². The number of rotatable bonds is 6. The van der Waals surface area contributed by atoms with Gasteiger partial charge in [-0.05, 0) is 23.3 Å². The standard InChI is InChI=1S/C18H18ClNO2/c1-22-12-11-20-18(21)16(14-7-3-2-4-8-14)13-15-9-5-6-10-17(15)19/h2-10,13H,11-12H2,1H3,(H,20,21)/b16-13+. The molecule has 0 aliphatic rings. The van der Waals surface area contributed by atoms with Crippen LogP contribution in [0.5, 0.6) is 0 Å². The Kier molecular flexibility index (Phi) is 6.19. The van der Waals surface area contributed by atoms with Crippen molar-refractivity contribution in [3.63, 3.8) is 0 Å². The van der Waals surface area contributed by atoms with Gasteiger partial charge in [0, 0.05) is 24.3 Å². The third kappa shape index (κ3) is 4.45. The molecule has 0 unspecified atom stereocenters. The summed E-state index contributed by atoms with van der Waals surface area (Å²) in [5.41, 5.74) is 2.23. The van der Waals surface area contributed by atoms with Gasteiger partial charge in [-0.2, -0.15) is 0 Å². The predicted molar refractivity (Wildman–Crippen MR) is 90.7 cm³/mol. The van der Waals surface area contributed by atoms with Crippen molar-refractivity contribution in [3.8, 4) is 0 Å². The van der Waals surface area contributed by atoms with Gasteiger partial charge in [-0.15, -0.1) is 0 Å². The van der Waals surface area contributed by atoms with Crippen molar-refractivity contribution in [2.75, 3.05) is 20.3 Å². The van der Waals surface area contributed by atoms with Crippen molar-refractivity contribution in [2.45, 2.75) is 0 Å². The molecule has 0 saturated heterocycles. The molecule has 0 aromatic heterocycles. The largest absolute Gasteiger partial charge is 0.383 e. The molecule has 1 amide bonds. The molecule has 0 saturated carbocycles. The normalized spacial score (nSPS) is 11.3. The zero-order valence-electron chi connectivity index (χ0n) is 12.4. The fraction of sp³-hybridized carbons (Fsp3) is 0.167. The molecule has 0 atom stereocenters. The second kappa shape index (κ2) is 8.37. The molecule has 0 aliphatic heterocycles. The molecule has 4 heteroatoms. The van der Waals surface area contributed by atoms with Crippen LogP contribution in [0.3, 0.4) is 0 Å². The van der Waals surface area contributed by atoms with Gasteiger partial charge < -0.3 is 10.1 Å². The molecule has 0 heterocycles. The van der Waals surface area contributed by atoms with Gasteiger partial charge in [0.05, 0.1) is 6.61 Å². The van der Waals surface area contributed by atoms with E-state index < -0.39 is 0 Å². The van der Waals surface area contributed by atoms with E-state index >= 15 is 0 Å². The highest BCUT2D eigenvalue weighted by atomic mass is 35.5. The predicted octanol–water partition coefficient (Wildman–Crippen LogP) is 3.64. The summed E-state index contributed by atoms with van der Waals surface area (Å²) >= 11 is 6.19. The number of nitrogens with one attached hydrogen (secondary N) is 1. The van der Waals surface area contributed by atoms with E-state index in [0.29, 0.717) is 23.7 Å². The SMILES string of the molecule is COCCNC(=O)/C(=C/c1ccccc1Cl)c1ccccc1. The van der Waals surface area contributed by atoms with Gasteiger partial charge in [0.2, 0.25) is 0 Å². The molecule has 22 heavy (non-hydrogen) atoms.